The fourth-order valence-corrected chi connectivity index (χ4v) is 6.10. The molecule has 10 nitrogen and oxygen atoms in total. The Bertz CT molecular complexity index is 1860. The molecule has 0 aliphatic heterocycles. The van der Waals surface area contributed by atoms with Gasteiger partial charge in [-0.3, -0.25) is 14.5 Å². The van der Waals surface area contributed by atoms with Crippen molar-refractivity contribution in [2.45, 2.75) is 50.5 Å². The predicted molar refractivity (Wildman–Crippen MR) is 167 cm³/mol. The number of sulfone groups is 1. The van der Waals surface area contributed by atoms with E-state index in [9.17, 15) is 17.9 Å². The van der Waals surface area contributed by atoms with Crippen LogP contribution in [-0.2, 0) is 21.3 Å². The molecule has 0 radical (unpaired) electrons. The predicted octanol–water partition coefficient (Wildman–Crippen LogP) is 6.01. The van der Waals surface area contributed by atoms with Crippen LogP contribution >= 0.6 is 0 Å². The van der Waals surface area contributed by atoms with Crippen molar-refractivity contribution in [2.75, 3.05) is 12.4 Å². The Balaban J connectivity index is 1.64. The molecule has 230 valence electrons. The molecule has 5 rings (SSSR count). The number of benzene rings is 1. The van der Waals surface area contributed by atoms with Gasteiger partial charge >= 0.3 is 0 Å². The van der Waals surface area contributed by atoms with Crippen LogP contribution in [0.3, 0.4) is 0 Å². The number of fused-ring (bicyclic) bond motifs is 1. The number of aliphatic hydroxyl groups is 1. The molecular formula is C31H34FN5O5SSi. The van der Waals surface area contributed by atoms with E-state index in [1.54, 1.807) is 31.3 Å². The van der Waals surface area contributed by atoms with Crippen molar-refractivity contribution in [2.24, 2.45) is 0 Å². The number of rotatable bonds is 12. The summed E-state index contributed by atoms with van der Waals surface area (Å²) in [4.78, 5) is 17.2. The van der Waals surface area contributed by atoms with E-state index in [1.165, 1.54) is 30.6 Å². The van der Waals surface area contributed by atoms with Crippen LogP contribution in [0.2, 0.25) is 25.7 Å². The van der Waals surface area contributed by atoms with Crippen molar-refractivity contribution < 1.29 is 27.4 Å². The molecule has 5 aromatic rings. The molecule has 0 saturated carbocycles. The van der Waals surface area contributed by atoms with Crippen molar-refractivity contribution in [1.29, 1.82) is 0 Å². The van der Waals surface area contributed by atoms with E-state index in [-0.39, 0.29) is 34.6 Å². The number of nitrogens with zero attached hydrogens (tertiary/aromatic N) is 5. The van der Waals surface area contributed by atoms with Crippen LogP contribution in [-0.4, -0.2) is 58.5 Å². The Morgan fingerprint density at radius 1 is 1.00 bits per heavy atom. The van der Waals surface area contributed by atoms with Gasteiger partial charge in [0.05, 0.1) is 29.2 Å². The van der Waals surface area contributed by atoms with Gasteiger partial charge in [-0.25, -0.2) is 22.8 Å². The summed E-state index contributed by atoms with van der Waals surface area (Å²) in [6, 6.07) is 14.0. The van der Waals surface area contributed by atoms with Gasteiger partial charge in [-0.2, -0.15) is 0 Å². The largest absolute Gasteiger partial charge is 0.456 e. The number of aliphatic hydroxyl groups excluding tert-OH is 1. The molecule has 4 heterocycles. The van der Waals surface area contributed by atoms with Crippen LogP contribution in [0.1, 0.15) is 24.2 Å². The van der Waals surface area contributed by atoms with Gasteiger partial charge in [0.1, 0.15) is 35.8 Å². The van der Waals surface area contributed by atoms with Crippen LogP contribution in [0, 0.1) is 5.82 Å². The van der Waals surface area contributed by atoms with Crippen LogP contribution in [0.4, 0.5) is 4.39 Å². The van der Waals surface area contributed by atoms with E-state index >= 15 is 0 Å². The van der Waals surface area contributed by atoms with E-state index in [0.717, 1.165) is 12.2 Å². The summed E-state index contributed by atoms with van der Waals surface area (Å²) in [5.41, 5.74) is 1.92. The smallest absolute Gasteiger partial charge is 0.195 e. The maximum absolute atomic E-state index is 14.9. The molecule has 0 spiro atoms. The molecule has 0 aliphatic carbocycles. The zero-order valence-corrected chi connectivity index (χ0v) is 26.8. The Morgan fingerprint density at radius 3 is 2.48 bits per heavy atom. The van der Waals surface area contributed by atoms with Gasteiger partial charge in [-0.05, 0) is 42.4 Å². The fraction of sp³-hybridized carbons (Fsp3) is 0.290. The molecule has 1 unspecified atom stereocenters. The van der Waals surface area contributed by atoms with E-state index in [4.69, 9.17) is 14.5 Å². The average molecular weight is 636 g/mol. The van der Waals surface area contributed by atoms with Crippen molar-refractivity contribution in [3.05, 3.63) is 90.3 Å². The van der Waals surface area contributed by atoms with Gasteiger partial charge < -0.3 is 14.6 Å². The van der Waals surface area contributed by atoms with Crippen LogP contribution < -0.4 is 4.74 Å². The highest BCUT2D eigenvalue weighted by Gasteiger charge is 2.25. The van der Waals surface area contributed by atoms with Gasteiger partial charge in [0.15, 0.2) is 20.7 Å². The Morgan fingerprint density at radius 2 is 1.82 bits per heavy atom. The third kappa shape index (κ3) is 7.02. The maximum Gasteiger partial charge on any atom is 0.195 e. The second-order valence-electron chi connectivity index (χ2n) is 11.4. The molecule has 0 bridgehead atoms. The van der Waals surface area contributed by atoms with Gasteiger partial charge in [-0.15, -0.1) is 0 Å². The minimum Gasteiger partial charge on any atom is -0.456 e. The van der Waals surface area contributed by atoms with E-state index < -0.39 is 29.8 Å². The average Bonchev–Trinajstić information content (AvgIpc) is 3.37. The normalized spacial score (nSPS) is 12.9. The first-order valence-electron chi connectivity index (χ1n) is 14.1. The van der Waals surface area contributed by atoms with Crippen molar-refractivity contribution in [1.82, 2.24) is 24.5 Å². The lowest BCUT2D eigenvalue weighted by atomic mass is 10.00. The first kappa shape index (κ1) is 31.4. The molecule has 4 aromatic heterocycles. The topological polar surface area (TPSA) is 129 Å². The van der Waals surface area contributed by atoms with Gasteiger partial charge in [-0.1, -0.05) is 32.6 Å². The number of aromatic nitrogens is 5. The minimum atomic E-state index is -3.48. The fourth-order valence-electron chi connectivity index (χ4n) is 4.56. The number of ether oxygens (including phenoxy) is 2. The molecule has 1 aromatic carbocycles. The van der Waals surface area contributed by atoms with Gasteiger partial charge in [0, 0.05) is 44.3 Å². The SMILES string of the molecule is CCS(=O)(=O)c1ccc(Oc2cc(C(O)c3ccncc3F)c3c(c2)nc(-c2ccccn2)n3COCC[Si](C)(C)C)cn1. The van der Waals surface area contributed by atoms with Crippen LogP contribution in [0.25, 0.3) is 22.6 Å². The number of pyridine rings is 3. The minimum absolute atomic E-state index is 0.0287. The van der Waals surface area contributed by atoms with Crippen molar-refractivity contribution in [3.63, 3.8) is 0 Å². The molecule has 1 N–H and O–H groups in total. The van der Waals surface area contributed by atoms with Crippen molar-refractivity contribution in [3.8, 4) is 23.0 Å². The number of halogens is 1. The zero-order chi connectivity index (χ0) is 31.5. The summed E-state index contributed by atoms with van der Waals surface area (Å²) in [7, 11) is -4.84. The van der Waals surface area contributed by atoms with Crippen LogP contribution in [0.15, 0.2) is 78.3 Å². The summed E-state index contributed by atoms with van der Waals surface area (Å²) in [5.74, 6) is 0.316. The summed E-state index contributed by atoms with van der Waals surface area (Å²) in [6.07, 6.45) is 4.02. The number of hydrogen-bond acceptors (Lipinski definition) is 9. The lowest BCUT2D eigenvalue weighted by Gasteiger charge is -2.19. The molecule has 0 amide bonds. The first-order valence-corrected chi connectivity index (χ1v) is 19.5. The van der Waals surface area contributed by atoms with Crippen LogP contribution in [0.5, 0.6) is 11.5 Å². The van der Waals surface area contributed by atoms with Gasteiger partial charge in [0.2, 0.25) is 0 Å². The lowest BCUT2D eigenvalue weighted by molar-refractivity contribution is 0.0905. The highest BCUT2D eigenvalue weighted by molar-refractivity contribution is 7.91. The number of imidazole rings is 1. The molecule has 13 heteroatoms. The summed E-state index contributed by atoms with van der Waals surface area (Å²) in [6.45, 7) is 9.04. The van der Waals surface area contributed by atoms with E-state index in [0.29, 0.717) is 34.7 Å². The third-order valence-corrected chi connectivity index (χ3v) is 10.3. The first-order chi connectivity index (χ1) is 21.0. The van der Waals surface area contributed by atoms with E-state index in [1.807, 2.05) is 16.7 Å². The highest BCUT2D eigenvalue weighted by atomic mass is 32.2. The zero-order valence-electron chi connectivity index (χ0n) is 24.9. The highest BCUT2D eigenvalue weighted by Crippen LogP contribution is 2.37. The van der Waals surface area contributed by atoms with E-state index in [2.05, 4.69) is 34.6 Å². The summed E-state index contributed by atoms with van der Waals surface area (Å²) in [5, 5.41) is 11.5. The quantitative estimate of drug-likeness (QED) is 0.129. The Labute approximate surface area is 256 Å². The summed E-state index contributed by atoms with van der Waals surface area (Å²) >= 11 is 0. The molecule has 44 heavy (non-hydrogen) atoms. The third-order valence-electron chi connectivity index (χ3n) is 6.99. The van der Waals surface area contributed by atoms with Crippen molar-refractivity contribution >= 4 is 28.9 Å². The molecule has 1 atom stereocenters. The standard InChI is InChI=1S/C31H34FN5O5SSi/c1-5-43(39,40)28-10-9-21(18-35-28)42-22-16-24(30(38)23-11-13-33-19-25(23)32)29-27(17-22)36-31(26-8-6-7-12-34-26)37(29)20-41-14-15-44(2,3)4/h6-13,16-19,30,38H,5,14-15,20H2,1-4H3. The lowest BCUT2D eigenvalue weighted by Crippen LogP contribution is -2.22. The second-order valence-corrected chi connectivity index (χ2v) is 19.3. The van der Waals surface area contributed by atoms with Gasteiger partial charge in [0.25, 0.3) is 0 Å². The second kappa shape index (κ2) is 12.9. The molecular weight excluding hydrogens is 602 g/mol. The molecule has 0 fully saturated rings. The maximum atomic E-state index is 14.9. The molecule has 0 aliphatic rings. The Hall–Kier alpha value is -4.04. The molecule has 0 saturated heterocycles. The monoisotopic (exact) mass is 635 g/mol. The summed E-state index contributed by atoms with van der Waals surface area (Å²) < 4.78 is 53.3. The number of hydrogen-bond donors (Lipinski definition) is 1. The Kier molecular flexibility index (Phi) is 9.20.